The number of hydrogen-bond donors (Lipinski definition) is 4. The van der Waals surface area contributed by atoms with Gasteiger partial charge >= 0.3 is 8.17 Å². The first-order valence-electron chi connectivity index (χ1n) is 28.6. The lowest BCUT2D eigenvalue weighted by molar-refractivity contribution is -0.118. The highest BCUT2D eigenvalue weighted by Crippen LogP contribution is 2.63. The Morgan fingerprint density at radius 1 is 0.483 bits per heavy atom. The van der Waals surface area contributed by atoms with Gasteiger partial charge in [0.2, 0.25) is 17.7 Å². The van der Waals surface area contributed by atoms with Crippen molar-refractivity contribution in [1.82, 2.24) is 15.0 Å². The number of amides is 3. The Bertz CT molecular complexity index is 3540. The van der Waals surface area contributed by atoms with Crippen LogP contribution in [0.2, 0.25) is 0 Å². The average Bonchev–Trinajstić information content (AvgIpc) is 2.23. The van der Waals surface area contributed by atoms with E-state index in [-0.39, 0.29) is 144 Å². The Morgan fingerprint density at radius 3 is 0.944 bits per heavy atom. The average molecular weight is 1270 g/mol. The number of aromatic nitrogens is 3. The van der Waals surface area contributed by atoms with Crippen molar-refractivity contribution in [3.8, 4) is 36.4 Å². The molecule has 3 aromatic heterocycles. The first kappa shape index (κ1) is 64.6. The second-order valence-electron chi connectivity index (χ2n) is 20.9. The molecular formula is C63H61N15O7PS3+. The molecule has 7 N–H and O–H groups in total. The first-order valence-corrected chi connectivity index (χ1v) is 32.7. The molecule has 3 saturated heterocycles. The molecule has 3 fully saturated rings. The molecule has 0 bridgehead atoms. The van der Waals surface area contributed by atoms with Gasteiger partial charge in [-0.05, 0) is 71.9 Å². The van der Waals surface area contributed by atoms with Crippen LogP contribution in [0.15, 0.2) is 106 Å². The van der Waals surface area contributed by atoms with Crippen molar-refractivity contribution in [2.75, 3.05) is 54.0 Å². The Morgan fingerprint density at radius 2 is 0.730 bits per heavy atom. The van der Waals surface area contributed by atoms with Crippen LogP contribution in [0.3, 0.4) is 0 Å². The molecule has 6 atom stereocenters. The van der Waals surface area contributed by atoms with Gasteiger partial charge in [0.25, 0.3) is 0 Å². The quantitative estimate of drug-likeness (QED) is 0.0325. The van der Waals surface area contributed by atoms with Gasteiger partial charge < -0.3 is 31.9 Å². The molecule has 22 nitrogen and oxygen atoms in total. The fourth-order valence-corrected chi connectivity index (χ4v) is 16.2. The fraction of sp³-hybridized carbons (Fsp3) is 0.333. The van der Waals surface area contributed by atoms with Crippen molar-refractivity contribution in [1.29, 1.82) is 31.6 Å². The van der Waals surface area contributed by atoms with Crippen LogP contribution in [-0.2, 0) is 47.2 Å². The van der Waals surface area contributed by atoms with E-state index in [2.05, 4.69) is 36.4 Å². The van der Waals surface area contributed by atoms with E-state index in [1.807, 2.05) is 35.5 Å². The highest BCUT2D eigenvalue weighted by molar-refractivity contribution is 8.00. The predicted molar refractivity (Wildman–Crippen MR) is 336 cm³/mol. The van der Waals surface area contributed by atoms with Gasteiger partial charge in [-0.3, -0.25) is 14.4 Å². The molecule has 0 aliphatic carbocycles. The van der Waals surface area contributed by atoms with Crippen molar-refractivity contribution in [2.45, 2.75) is 108 Å². The van der Waals surface area contributed by atoms with Crippen molar-refractivity contribution < 1.29 is 32.8 Å². The summed E-state index contributed by atoms with van der Waals surface area (Å²) in [7, 11) is -4.46. The van der Waals surface area contributed by atoms with Crippen molar-refractivity contribution in [2.24, 2.45) is 17.2 Å². The third-order valence-corrected chi connectivity index (χ3v) is 20.9. The summed E-state index contributed by atoms with van der Waals surface area (Å²) < 4.78 is 20.1. The minimum atomic E-state index is -4.46. The second-order valence-corrected chi connectivity index (χ2v) is 25.8. The van der Waals surface area contributed by atoms with Crippen LogP contribution in [0.1, 0.15) is 123 Å². The SMILES string of the molecule is CCc1c(C#N)c(S[C@@H](C(N)=O)c2ccccc2)nc(N2CC[C@H](O[P+](O)(O[C@H]3CCN(c4nc(S[C@@H](C(N)=O)c5ccccc5)c(C#N)c(CC)c4C#N)C3)O[C@H]3CCN(c4nc(S[C@@H](C(N)=O)c5ccccc5)c(C#N)c(CC)c4C#N)C3)C2)c1C#N. The number of carbonyl (C=O) groups is 3. The van der Waals surface area contributed by atoms with E-state index in [0.717, 1.165) is 35.3 Å². The minimum Gasteiger partial charge on any atom is -0.368 e. The van der Waals surface area contributed by atoms with Crippen LogP contribution in [0, 0.1) is 68.0 Å². The number of hydrogen-bond acceptors (Lipinski definition) is 22. The molecule has 89 heavy (non-hydrogen) atoms. The number of rotatable bonds is 24. The van der Waals surface area contributed by atoms with Crippen LogP contribution >= 0.6 is 43.5 Å². The zero-order valence-corrected chi connectivity index (χ0v) is 52.1. The fourth-order valence-electron chi connectivity index (χ4n) is 11.2. The summed E-state index contributed by atoms with van der Waals surface area (Å²) in [4.78, 5) is 72.2. The molecule has 3 aliphatic heterocycles. The first-order chi connectivity index (χ1) is 43.0. The highest BCUT2D eigenvalue weighted by atomic mass is 32.2. The topological polar surface area (TPSA) is 368 Å². The number of primary amides is 3. The summed E-state index contributed by atoms with van der Waals surface area (Å²) in [6.07, 6.45) is -0.752. The minimum absolute atomic E-state index is 0.0633. The highest BCUT2D eigenvalue weighted by Gasteiger charge is 2.55. The van der Waals surface area contributed by atoms with E-state index in [1.165, 1.54) is 0 Å². The number of pyridine rings is 3. The monoisotopic (exact) mass is 1270 g/mol. The third-order valence-electron chi connectivity index (χ3n) is 15.4. The zero-order chi connectivity index (χ0) is 63.5. The molecule has 0 spiro atoms. The summed E-state index contributed by atoms with van der Waals surface area (Å²) in [5, 5.41) is 61.6. The zero-order valence-electron chi connectivity index (χ0n) is 48.8. The molecule has 0 radical (unpaired) electrons. The third kappa shape index (κ3) is 14.1. The molecule has 3 aliphatic rings. The van der Waals surface area contributed by atoms with Crippen LogP contribution in [0.5, 0.6) is 0 Å². The van der Waals surface area contributed by atoms with Gasteiger partial charge in [-0.15, -0.1) is 13.6 Å². The van der Waals surface area contributed by atoms with E-state index in [0.29, 0.717) is 33.4 Å². The lowest BCUT2D eigenvalue weighted by Crippen LogP contribution is -2.30. The molecule has 6 heterocycles. The van der Waals surface area contributed by atoms with Gasteiger partial charge in [0.05, 0.1) is 53.0 Å². The van der Waals surface area contributed by atoms with Crippen LogP contribution < -0.4 is 31.9 Å². The maximum absolute atomic E-state index is 13.1. The Labute approximate surface area is 528 Å². The summed E-state index contributed by atoms with van der Waals surface area (Å²) in [6.45, 7) is 6.44. The van der Waals surface area contributed by atoms with Gasteiger partial charge in [0, 0.05) is 19.6 Å². The van der Waals surface area contributed by atoms with Crippen molar-refractivity contribution in [3.05, 3.63) is 158 Å². The lowest BCUT2D eigenvalue weighted by atomic mass is 10.0. The number of anilines is 3. The van der Waals surface area contributed by atoms with E-state index in [1.54, 1.807) is 91.0 Å². The molecule has 9 rings (SSSR count). The van der Waals surface area contributed by atoms with E-state index in [4.69, 9.17) is 45.7 Å². The van der Waals surface area contributed by atoms with Gasteiger partial charge in [0.1, 0.15) is 103 Å². The van der Waals surface area contributed by atoms with E-state index in [9.17, 15) is 50.8 Å². The largest absolute Gasteiger partial charge is 0.573 e. The van der Waals surface area contributed by atoms with Crippen molar-refractivity contribution in [3.63, 3.8) is 0 Å². The van der Waals surface area contributed by atoms with Gasteiger partial charge in [-0.2, -0.15) is 36.5 Å². The number of nitriles is 6. The van der Waals surface area contributed by atoms with E-state index < -0.39 is 60.0 Å². The second kappa shape index (κ2) is 29.0. The van der Waals surface area contributed by atoms with Gasteiger partial charge in [-0.25, -0.2) is 15.0 Å². The smallest absolute Gasteiger partial charge is 0.368 e. The van der Waals surface area contributed by atoms with Gasteiger partial charge in [0.15, 0.2) is 0 Å². The molecule has 3 aromatic carbocycles. The molecule has 452 valence electrons. The Hall–Kier alpha value is -8.82. The summed E-state index contributed by atoms with van der Waals surface area (Å²) in [6, 6.07) is 40.0. The van der Waals surface area contributed by atoms with Crippen molar-refractivity contribution >= 4 is 78.6 Å². The summed E-state index contributed by atoms with van der Waals surface area (Å²) >= 11 is 3.04. The Balaban J connectivity index is 1.04. The Kier molecular flexibility index (Phi) is 21.1. The predicted octanol–water partition coefficient (Wildman–Crippen LogP) is 8.60. The summed E-state index contributed by atoms with van der Waals surface area (Å²) in [5.41, 5.74) is 21.9. The molecule has 3 amide bonds. The van der Waals surface area contributed by atoms with Crippen LogP contribution in [-0.4, -0.2) is 95.1 Å². The molecular weight excluding hydrogens is 1210 g/mol. The molecule has 6 aromatic rings. The number of benzene rings is 3. The van der Waals surface area contributed by atoms with Crippen LogP contribution in [0.25, 0.3) is 0 Å². The standard InChI is InChI=1S/C63H60N15O7PS3/c1-4-43-46(28-64)58(73-61(49(43)31-67)87-52(55(70)79)37-16-10-7-11-17-37)76-25-22-40(34-76)83-86(82,84-41-23-26-77(35-41)59-47(29-65)44(5-2)50(32-68)62(74-59)88-53(56(71)80)38-18-12-8-13-19-38)85-42-24-27-78(36-42)60-48(30-66)45(6-3)51(33-69)63(75-60)89-54(57(72)81)39-20-14-9-15-21-39/h7-21,40-42,52-54,82H,4-6,22-27,34-36H2,1-3H3,(H5-,70,71,72,79,80,81)/p+1/t40-,41-,42-,52+,53+,54+/m0/s1. The maximum Gasteiger partial charge on any atom is 0.573 e. The molecule has 0 saturated carbocycles. The molecule has 0 unspecified atom stereocenters. The summed E-state index contributed by atoms with van der Waals surface area (Å²) in [5.74, 6) is -1.23. The number of nitrogens with zero attached hydrogens (tertiary/aromatic N) is 12. The maximum atomic E-state index is 13.1. The normalized spacial score (nSPS) is 17.3. The van der Waals surface area contributed by atoms with Crippen LogP contribution in [0.4, 0.5) is 17.5 Å². The van der Waals surface area contributed by atoms with E-state index >= 15 is 0 Å². The number of carbonyl (C=O) groups excluding carboxylic acids is 3. The lowest BCUT2D eigenvalue weighted by Gasteiger charge is -2.26. The number of thioether (sulfide) groups is 3. The number of nitrogens with two attached hydrogens (primary N) is 3. The van der Waals surface area contributed by atoms with Gasteiger partial charge in [-0.1, -0.05) is 147 Å². The molecule has 26 heteroatoms.